The molecule has 0 saturated carbocycles. The highest BCUT2D eigenvalue weighted by atomic mass is 16.3. The third kappa shape index (κ3) is 2.29. The highest BCUT2D eigenvalue weighted by Gasteiger charge is 2.31. The van der Waals surface area contributed by atoms with E-state index in [-0.39, 0.29) is 0 Å². The van der Waals surface area contributed by atoms with Crippen molar-refractivity contribution in [1.29, 1.82) is 0 Å². The molecule has 2 rings (SSSR count). The van der Waals surface area contributed by atoms with E-state index in [9.17, 15) is 0 Å². The van der Waals surface area contributed by atoms with Gasteiger partial charge in [0.05, 0.1) is 12.5 Å². The van der Waals surface area contributed by atoms with Gasteiger partial charge in [0.2, 0.25) is 0 Å². The van der Waals surface area contributed by atoms with Crippen LogP contribution in [0, 0.1) is 11.3 Å². The minimum absolute atomic E-state index is 0.343. The standard InChI is InChI=1S/C15H20O/c1-12-5-4-9-15(2,3)14(12)7-6-13-8-10-16-11-13/h4-5,8,10-11,14H,1,6-7,9H2,2-3H3/t14-/m1/s1. The molecule has 0 N–H and O–H groups in total. The molecule has 1 aliphatic rings. The van der Waals surface area contributed by atoms with Gasteiger partial charge in [-0.05, 0) is 42.2 Å². The lowest BCUT2D eigenvalue weighted by molar-refractivity contribution is 0.234. The summed E-state index contributed by atoms with van der Waals surface area (Å²) in [7, 11) is 0. The lowest BCUT2D eigenvalue weighted by atomic mass is 9.68. The maximum atomic E-state index is 5.10. The van der Waals surface area contributed by atoms with Crippen LogP contribution in [0.5, 0.6) is 0 Å². The van der Waals surface area contributed by atoms with Gasteiger partial charge in [0, 0.05) is 0 Å². The Morgan fingerprint density at radius 2 is 2.31 bits per heavy atom. The summed E-state index contributed by atoms with van der Waals surface area (Å²) in [5.41, 5.74) is 2.91. The average molecular weight is 216 g/mol. The molecule has 1 atom stereocenters. The first-order chi connectivity index (χ1) is 7.59. The van der Waals surface area contributed by atoms with Crippen molar-refractivity contribution in [1.82, 2.24) is 0 Å². The van der Waals surface area contributed by atoms with Crippen LogP contribution in [0.1, 0.15) is 32.3 Å². The highest BCUT2D eigenvalue weighted by Crippen LogP contribution is 2.42. The van der Waals surface area contributed by atoms with E-state index in [1.54, 1.807) is 6.26 Å². The summed E-state index contributed by atoms with van der Waals surface area (Å²) in [6.45, 7) is 8.85. The summed E-state index contributed by atoms with van der Waals surface area (Å²) >= 11 is 0. The number of rotatable bonds is 3. The molecule has 1 aliphatic carbocycles. The molecule has 0 saturated heterocycles. The van der Waals surface area contributed by atoms with Gasteiger partial charge in [0.1, 0.15) is 0 Å². The van der Waals surface area contributed by atoms with Crippen molar-refractivity contribution in [2.24, 2.45) is 11.3 Å². The number of hydrogen-bond acceptors (Lipinski definition) is 1. The molecule has 1 heterocycles. The topological polar surface area (TPSA) is 13.1 Å². The second-order valence-corrected chi connectivity index (χ2v) is 5.39. The zero-order valence-corrected chi connectivity index (χ0v) is 10.2. The van der Waals surface area contributed by atoms with Crippen LogP contribution in [0.4, 0.5) is 0 Å². The number of hydrogen-bond donors (Lipinski definition) is 0. The van der Waals surface area contributed by atoms with Crippen molar-refractivity contribution < 1.29 is 4.42 Å². The van der Waals surface area contributed by atoms with E-state index in [4.69, 9.17) is 4.42 Å². The fourth-order valence-electron chi connectivity index (χ4n) is 2.60. The lowest BCUT2D eigenvalue weighted by Crippen LogP contribution is -2.27. The molecular weight excluding hydrogens is 196 g/mol. The third-order valence-corrected chi connectivity index (χ3v) is 3.67. The molecule has 1 aromatic heterocycles. The van der Waals surface area contributed by atoms with Crippen LogP contribution in [0.15, 0.2) is 47.3 Å². The number of furan rings is 1. The Kier molecular flexibility index (Phi) is 3.04. The Balaban J connectivity index is 2.02. The Morgan fingerprint density at radius 3 is 2.94 bits per heavy atom. The molecule has 0 spiro atoms. The minimum Gasteiger partial charge on any atom is -0.472 e. The smallest absolute Gasteiger partial charge is 0.0934 e. The summed E-state index contributed by atoms with van der Waals surface area (Å²) < 4.78 is 5.10. The first-order valence-corrected chi connectivity index (χ1v) is 5.96. The lowest BCUT2D eigenvalue weighted by Gasteiger charge is -2.37. The Labute approximate surface area is 97.9 Å². The van der Waals surface area contributed by atoms with Gasteiger partial charge >= 0.3 is 0 Å². The Morgan fingerprint density at radius 1 is 1.50 bits per heavy atom. The van der Waals surface area contributed by atoms with Gasteiger partial charge in [-0.1, -0.05) is 38.2 Å². The van der Waals surface area contributed by atoms with Crippen LogP contribution >= 0.6 is 0 Å². The summed E-state index contributed by atoms with van der Waals surface area (Å²) in [6, 6.07) is 2.05. The molecule has 0 bridgehead atoms. The van der Waals surface area contributed by atoms with E-state index >= 15 is 0 Å². The minimum atomic E-state index is 0.343. The van der Waals surface area contributed by atoms with Crippen molar-refractivity contribution in [2.75, 3.05) is 0 Å². The second kappa shape index (κ2) is 4.32. The monoisotopic (exact) mass is 216 g/mol. The molecule has 86 valence electrons. The van der Waals surface area contributed by atoms with Crippen molar-refractivity contribution in [3.05, 3.63) is 48.5 Å². The molecule has 1 aromatic rings. The van der Waals surface area contributed by atoms with E-state index in [0.29, 0.717) is 11.3 Å². The molecule has 16 heavy (non-hydrogen) atoms. The summed E-state index contributed by atoms with van der Waals surface area (Å²) in [5, 5.41) is 0. The molecular formula is C15H20O. The normalized spacial score (nSPS) is 23.6. The van der Waals surface area contributed by atoms with Crippen molar-refractivity contribution in [2.45, 2.75) is 33.1 Å². The third-order valence-electron chi connectivity index (χ3n) is 3.67. The zero-order valence-electron chi connectivity index (χ0n) is 10.2. The van der Waals surface area contributed by atoms with E-state index in [2.05, 4.69) is 38.6 Å². The molecule has 0 fully saturated rings. The predicted octanol–water partition coefficient (Wildman–Crippen LogP) is 4.37. The van der Waals surface area contributed by atoms with Gasteiger partial charge in [-0.2, -0.15) is 0 Å². The first-order valence-electron chi connectivity index (χ1n) is 5.96. The van der Waals surface area contributed by atoms with Crippen LogP contribution in [0.3, 0.4) is 0 Å². The van der Waals surface area contributed by atoms with E-state index in [1.165, 1.54) is 11.1 Å². The Hall–Kier alpha value is -1.24. The average Bonchev–Trinajstić information content (AvgIpc) is 2.68. The molecule has 1 heteroatoms. The molecule has 1 nitrogen and oxygen atoms in total. The van der Waals surface area contributed by atoms with Crippen molar-refractivity contribution >= 4 is 0 Å². The SMILES string of the molecule is C=C1C=CCC(C)(C)[C@@H]1CCc1ccoc1. The molecule has 0 aromatic carbocycles. The largest absolute Gasteiger partial charge is 0.472 e. The molecule has 0 aliphatic heterocycles. The maximum absolute atomic E-state index is 5.10. The van der Waals surface area contributed by atoms with Gasteiger partial charge in [0.25, 0.3) is 0 Å². The summed E-state index contributed by atoms with van der Waals surface area (Å²) in [4.78, 5) is 0. The molecule has 0 amide bonds. The van der Waals surface area contributed by atoms with Gasteiger partial charge in [-0.3, -0.25) is 0 Å². The first kappa shape index (κ1) is 11.3. The number of aryl methyl sites for hydroxylation is 1. The van der Waals surface area contributed by atoms with Gasteiger partial charge in [-0.15, -0.1) is 0 Å². The zero-order chi connectivity index (χ0) is 11.6. The number of allylic oxidation sites excluding steroid dienone is 3. The van der Waals surface area contributed by atoms with Crippen LogP contribution in [0.2, 0.25) is 0 Å². The molecule has 0 radical (unpaired) electrons. The van der Waals surface area contributed by atoms with E-state index in [0.717, 1.165) is 19.3 Å². The summed E-state index contributed by atoms with van der Waals surface area (Å²) in [5.74, 6) is 0.590. The van der Waals surface area contributed by atoms with Crippen LogP contribution in [0.25, 0.3) is 0 Å². The predicted molar refractivity (Wildman–Crippen MR) is 67.2 cm³/mol. The summed E-state index contributed by atoms with van der Waals surface area (Å²) in [6.07, 6.45) is 11.4. The highest BCUT2D eigenvalue weighted by molar-refractivity contribution is 5.25. The maximum Gasteiger partial charge on any atom is 0.0934 e. The van der Waals surface area contributed by atoms with Crippen LogP contribution in [-0.2, 0) is 6.42 Å². The quantitative estimate of drug-likeness (QED) is 0.731. The fourth-order valence-corrected chi connectivity index (χ4v) is 2.60. The van der Waals surface area contributed by atoms with Crippen LogP contribution in [-0.4, -0.2) is 0 Å². The van der Waals surface area contributed by atoms with E-state index in [1.807, 2.05) is 6.26 Å². The van der Waals surface area contributed by atoms with Crippen molar-refractivity contribution in [3.8, 4) is 0 Å². The Bertz CT molecular complexity index is 382. The second-order valence-electron chi connectivity index (χ2n) is 5.39. The van der Waals surface area contributed by atoms with Crippen molar-refractivity contribution in [3.63, 3.8) is 0 Å². The molecule has 0 unspecified atom stereocenters. The fraction of sp³-hybridized carbons (Fsp3) is 0.467. The van der Waals surface area contributed by atoms with Gasteiger partial charge in [-0.25, -0.2) is 0 Å². The van der Waals surface area contributed by atoms with Gasteiger partial charge in [0.15, 0.2) is 0 Å². The van der Waals surface area contributed by atoms with Gasteiger partial charge < -0.3 is 4.42 Å². The van der Waals surface area contributed by atoms with E-state index < -0.39 is 0 Å². The van der Waals surface area contributed by atoms with Crippen LogP contribution < -0.4 is 0 Å².